The third kappa shape index (κ3) is 3.06. The van der Waals surface area contributed by atoms with E-state index in [1.54, 1.807) is 0 Å². The van der Waals surface area contributed by atoms with Crippen molar-refractivity contribution in [2.45, 2.75) is 19.1 Å². The van der Waals surface area contributed by atoms with Gasteiger partial charge in [-0.2, -0.15) is 18.2 Å². The van der Waals surface area contributed by atoms with E-state index in [1.807, 2.05) is 18.9 Å². The summed E-state index contributed by atoms with van der Waals surface area (Å²) in [6.07, 6.45) is -4.51. The summed E-state index contributed by atoms with van der Waals surface area (Å²) in [5.41, 5.74) is 4.38. The molecule has 1 aliphatic heterocycles. The van der Waals surface area contributed by atoms with Crippen molar-refractivity contribution in [3.63, 3.8) is 0 Å². The molecule has 1 fully saturated rings. The van der Waals surface area contributed by atoms with E-state index in [0.717, 1.165) is 19.2 Å². The van der Waals surface area contributed by atoms with Gasteiger partial charge in [0.1, 0.15) is 5.82 Å². The van der Waals surface area contributed by atoms with Gasteiger partial charge in [-0.15, -0.1) is 0 Å². The standard InChI is InChI=1S/C11H16F3N5/c1-7-6-18(2)3-4-19(7)9-5-8(11(12,13)14)16-10(15)17-9/h5,7H,3-4,6H2,1-2H3,(H2,15,16,17). The van der Waals surface area contributed by atoms with Crippen LogP contribution in [0.1, 0.15) is 12.6 Å². The SMILES string of the molecule is CC1CN(C)CCN1c1cc(C(F)(F)F)nc(N)n1. The molecule has 5 nitrogen and oxygen atoms in total. The molecule has 0 aliphatic carbocycles. The molecule has 0 spiro atoms. The second-order valence-corrected chi connectivity index (χ2v) is 4.77. The van der Waals surface area contributed by atoms with E-state index in [4.69, 9.17) is 5.73 Å². The van der Waals surface area contributed by atoms with Gasteiger partial charge in [0.15, 0.2) is 5.69 Å². The lowest BCUT2D eigenvalue weighted by Gasteiger charge is -2.39. The Morgan fingerprint density at radius 1 is 1.32 bits per heavy atom. The third-order valence-corrected chi connectivity index (χ3v) is 3.15. The van der Waals surface area contributed by atoms with Crippen molar-refractivity contribution in [2.75, 3.05) is 37.3 Å². The largest absolute Gasteiger partial charge is 0.433 e. The van der Waals surface area contributed by atoms with Crippen LogP contribution < -0.4 is 10.6 Å². The zero-order chi connectivity index (χ0) is 14.2. The Bertz CT molecular complexity index is 462. The maximum absolute atomic E-state index is 12.7. The minimum atomic E-state index is -4.51. The summed E-state index contributed by atoms with van der Waals surface area (Å²) in [7, 11) is 1.98. The number of nitrogen functional groups attached to an aromatic ring is 1. The van der Waals surface area contributed by atoms with Gasteiger partial charge in [0.05, 0.1) is 0 Å². The number of hydrogen-bond donors (Lipinski definition) is 1. The molecule has 0 saturated carbocycles. The quantitative estimate of drug-likeness (QED) is 0.835. The number of aromatic nitrogens is 2. The van der Waals surface area contributed by atoms with Gasteiger partial charge in [-0.3, -0.25) is 0 Å². The third-order valence-electron chi connectivity index (χ3n) is 3.15. The molecular formula is C11H16F3N5. The number of rotatable bonds is 1. The lowest BCUT2D eigenvalue weighted by atomic mass is 10.2. The molecule has 106 valence electrons. The number of alkyl halides is 3. The fourth-order valence-corrected chi connectivity index (χ4v) is 2.23. The van der Waals surface area contributed by atoms with Crippen molar-refractivity contribution < 1.29 is 13.2 Å². The van der Waals surface area contributed by atoms with E-state index < -0.39 is 11.9 Å². The van der Waals surface area contributed by atoms with Crippen LogP contribution in [0.5, 0.6) is 0 Å². The lowest BCUT2D eigenvalue weighted by molar-refractivity contribution is -0.141. The summed E-state index contributed by atoms with van der Waals surface area (Å²) in [5.74, 6) is -0.114. The molecule has 2 N–H and O–H groups in total. The van der Waals surface area contributed by atoms with Gasteiger partial charge < -0.3 is 15.5 Å². The molecule has 1 unspecified atom stereocenters. The summed E-state index contributed by atoms with van der Waals surface area (Å²) < 4.78 is 38.1. The topological polar surface area (TPSA) is 58.3 Å². The average Bonchev–Trinajstić information content (AvgIpc) is 2.26. The molecular weight excluding hydrogens is 259 g/mol. The van der Waals surface area contributed by atoms with Crippen LogP contribution >= 0.6 is 0 Å². The summed E-state index contributed by atoms with van der Waals surface area (Å²) in [6, 6.07) is 1.03. The normalized spacial score (nSPS) is 21.7. The highest BCUT2D eigenvalue weighted by atomic mass is 19.4. The predicted octanol–water partition coefficient (Wildman–Crippen LogP) is 1.22. The van der Waals surface area contributed by atoms with E-state index in [2.05, 4.69) is 14.9 Å². The summed E-state index contributed by atoms with van der Waals surface area (Å²) in [6.45, 7) is 4.10. The highest BCUT2D eigenvalue weighted by Gasteiger charge is 2.34. The Morgan fingerprint density at radius 3 is 2.58 bits per heavy atom. The maximum Gasteiger partial charge on any atom is 0.433 e. The van der Waals surface area contributed by atoms with Crippen molar-refractivity contribution in [1.29, 1.82) is 0 Å². The summed E-state index contributed by atoms with van der Waals surface area (Å²) in [5, 5.41) is 0. The molecule has 0 amide bonds. The van der Waals surface area contributed by atoms with Crippen LogP contribution in [0, 0.1) is 0 Å². The lowest BCUT2D eigenvalue weighted by Crippen LogP contribution is -2.51. The Hall–Kier alpha value is -1.57. The number of anilines is 2. The maximum atomic E-state index is 12.7. The first kappa shape index (κ1) is 13.9. The van der Waals surface area contributed by atoms with Crippen LogP contribution in [0.2, 0.25) is 0 Å². The van der Waals surface area contributed by atoms with Crippen molar-refractivity contribution in [1.82, 2.24) is 14.9 Å². The van der Waals surface area contributed by atoms with E-state index >= 15 is 0 Å². The minimum Gasteiger partial charge on any atom is -0.368 e. The molecule has 2 rings (SSSR count). The minimum absolute atomic E-state index is 0.0779. The van der Waals surface area contributed by atoms with Crippen LogP contribution in [0.3, 0.4) is 0 Å². The molecule has 19 heavy (non-hydrogen) atoms. The fraction of sp³-hybridized carbons (Fsp3) is 0.636. The van der Waals surface area contributed by atoms with Crippen LogP contribution in [-0.4, -0.2) is 47.6 Å². The van der Waals surface area contributed by atoms with Crippen molar-refractivity contribution in [3.05, 3.63) is 11.8 Å². The molecule has 1 aromatic heterocycles. The van der Waals surface area contributed by atoms with E-state index in [-0.39, 0.29) is 17.8 Å². The molecule has 0 aromatic carbocycles. The predicted molar refractivity (Wildman–Crippen MR) is 65.8 cm³/mol. The van der Waals surface area contributed by atoms with Crippen molar-refractivity contribution in [3.8, 4) is 0 Å². The zero-order valence-electron chi connectivity index (χ0n) is 10.8. The van der Waals surface area contributed by atoms with Gasteiger partial charge in [-0.1, -0.05) is 0 Å². The van der Waals surface area contributed by atoms with Gasteiger partial charge in [0.25, 0.3) is 0 Å². The van der Waals surface area contributed by atoms with Gasteiger partial charge >= 0.3 is 6.18 Å². The van der Waals surface area contributed by atoms with Gasteiger partial charge in [0, 0.05) is 31.7 Å². The number of nitrogens with two attached hydrogens (primary N) is 1. The van der Waals surface area contributed by atoms with E-state index in [1.165, 1.54) is 0 Å². The van der Waals surface area contributed by atoms with Crippen molar-refractivity contribution >= 4 is 11.8 Å². The monoisotopic (exact) mass is 275 g/mol. The number of piperazine rings is 1. The van der Waals surface area contributed by atoms with E-state index in [9.17, 15) is 13.2 Å². The first-order chi connectivity index (χ1) is 8.77. The number of nitrogens with zero attached hydrogens (tertiary/aromatic N) is 4. The van der Waals surface area contributed by atoms with Gasteiger partial charge in [-0.25, -0.2) is 4.98 Å². The highest BCUT2D eigenvalue weighted by Crippen LogP contribution is 2.30. The fourth-order valence-electron chi connectivity index (χ4n) is 2.23. The van der Waals surface area contributed by atoms with Crippen LogP contribution in [-0.2, 0) is 6.18 Å². The highest BCUT2D eigenvalue weighted by molar-refractivity contribution is 5.45. The first-order valence-electron chi connectivity index (χ1n) is 5.94. The van der Waals surface area contributed by atoms with Crippen LogP contribution in [0.15, 0.2) is 6.07 Å². The molecule has 1 aliphatic rings. The van der Waals surface area contributed by atoms with Crippen LogP contribution in [0.4, 0.5) is 24.9 Å². The molecule has 1 saturated heterocycles. The molecule has 2 heterocycles. The Morgan fingerprint density at radius 2 is 2.00 bits per heavy atom. The van der Waals surface area contributed by atoms with E-state index in [0.29, 0.717) is 6.54 Å². The smallest absolute Gasteiger partial charge is 0.368 e. The Labute approximate surface area is 109 Å². The molecule has 1 aromatic rings. The summed E-state index contributed by atoms with van der Waals surface area (Å²) >= 11 is 0. The summed E-state index contributed by atoms with van der Waals surface area (Å²) in [4.78, 5) is 11.1. The average molecular weight is 275 g/mol. The Kier molecular flexibility index (Phi) is 3.53. The van der Waals surface area contributed by atoms with Gasteiger partial charge in [0.2, 0.25) is 5.95 Å². The second-order valence-electron chi connectivity index (χ2n) is 4.77. The number of halogens is 3. The molecule has 1 atom stereocenters. The number of likely N-dealkylation sites (N-methyl/N-ethyl adjacent to an activating group) is 1. The second kappa shape index (κ2) is 4.84. The molecule has 0 bridgehead atoms. The molecule has 8 heteroatoms. The van der Waals surface area contributed by atoms with Crippen molar-refractivity contribution in [2.24, 2.45) is 0 Å². The van der Waals surface area contributed by atoms with Gasteiger partial charge in [-0.05, 0) is 14.0 Å². The van der Waals surface area contributed by atoms with Crippen LogP contribution in [0.25, 0.3) is 0 Å². The Balaban J connectivity index is 2.32. The zero-order valence-corrected chi connectivity index (χ0v) is 10.8. The molecule has 0 radical (unpaired) electrons. The first-order valence-corrected chi connectivity index (χ1v) is 5.94. The number of hydrogen-bond acceptors (Lipinski definition) is 5.